The minimum absolute atomic E-state index is 0.0523. The Balaban J connectivity index is 2.24. The Morgan fingerprint density at radius 1 is 1.55 bits per heavy atom. The standard InChI is InChI=1S/C15H26N2O3/c1-11(2)8-17-9-13(7-14(17)18)15(19)16-5-6-20-10-12(3)4/h11,13H,3,5-10H2,1-2,4H3,(H,16,19). The largest absolute Gasteiger partial charge is 0.375 e. The highest BCUT2D eigenvalue weighted by molar-refractivity contribution is 5.89. The summed E-state index contributed by atoms with van der Waals surface area (Å²) in [6, 6.07) is 0. The predicted octanol–water partition coefficient (Wildman–Crippen LogP) is 1.20. The van der Waals surface area contributed by atoms with E-state index in [9.17, 15) is 9.59 Å². The van der Waals surface area contributed by atoms with Gasteiger partial charge in [-0.1, -0.05) is 26.0 Å². The Labute approximate surface area is 121 Å². The lowest BCUT2D eigenvalue weighted by molar-refractivity contribution is -0.129. The summed E-state index contributed by atoms with van der Waals surface area (Å²) in [4.78, 5) is 25.5. The number of hydrogen-bond acceptors (Lipinski definition) is 3. The first kappa shape index (κ1) is 16.7. The molecule has 5 nitrogen and oxygen atoms in total. The number of likely N-dealkylation sites (tertiary alicyclic amines) is 1. The van der Waals surface area contributed by atoms with Crippen LogP contribution in [0.3, 0.4) is 0 Å². The van der Waals surface area contributed by atoms with Crippen molar-refractivity contribution in [1.29, 1.82) is 0 Å². The smallest absolute Gasteiger partial charge is 0.225 e. The average molecular weight is 282 g/mol. The highest BCUT2D eigenvalue weighted by atomic mass is 16.5. The number of amides is 2. The number of nitrogens with one attached hydrogen (secondary N) is 1. The molecule has 1 N–H and O–H groups in total. The van der Waals surface area contributed by atoms with Gasteiger partial charge in [-0.25, -0.2) is 0 Å². The van der Waals surface area contributed by atoms with Crippen molar-refractivity contribution in [3.63, 3.8) is 0 Å². The fraction of sp³-hybridized carbons (Fsp3) is 0.733. The summed E-state index contributed by atoms with van der Waals surface area (Å²) in [5, 5.41) is 2.82. The third-order valence-corrected chi connectivity index (χ3v) is 3.06. The van der Waals surface area contributed by atoms with E-state index in [4.69, 9.17) is 4.74 Å². The van der Waals surface area contributed by atoms with Gasteiger partial charge in [-0.2, -0.15) is 0 Å². The Hall–Kier alpha value is -1.36. The quantitative estimate of drug-likeness (QED) is 0.537. The molecule has 1 atom stereocenters. The number of carbonyl (C=O) groups excluding carboxylic acids is 2. The van der Waals surface area contributed by atoms with Crippen LogP contribution in [0.4, 0.5) is 0 Å². The molecule has 114 valence electrons. The molecule has 1 unspecified atom stereocenters. The lowest BCUT2D eigenvalue weighted by Gasteiger charge is -2.18. The van der Waals surface area contributed by atoms with E-state index in [1.807, 2.05) is 6.92 Å². The summed E-state index contributed by atoms with van der Waals surface area (Å²) in [6.45, 7) is 12.5. The van der Waals surface area contributed by atoms with E-state index in [0.29, 0.717) is 38.6 Å². The second-order valence-corrected chi connectivity index (χ2v) is 5.89. The molecule has 1 saturated heterocycles. The first-order chi connectivity index (χ1) is 9.40. The van der Waals surface area contributed by atoms with E-state index in [0.717, 1.165) is 12.1 Å². The van der Waals surface area contributed by atoms with Gasteiger partial charge in [0, 0.05) is 26.1 Å². The molecular formula is C15H26N2O3. The highest BCUT2D eigenvalue weighted by Crippen LogP contribution is 2.18. The van der Waals surface area contributed by atoms with Gasteiger partial charge < -0.3 is 15.0 Å². The van der Waals surface area contributed by atoms with E-state index in [2.05, 4.69) is 25.7 Å². The predicted molar refractivity (Wildman–Crippen MR) is 78.2 cm³/mol. The molecule has 0 aromatic carbocycles. The van der Waals surface area contributed by atoms with Gasteiger partial charge in [0.15, 0.2) is 0 Å². The maximum absolute atomic E-state index is 12.0. The second kappa shape index (κ2) is 8.04. The van der Waals surface area contributed by atoms with Crippen molar-refractivity contribution in [2.45, 2.75) is 27.2 Å². The van der Waals surface area contributed by atoms with Crippen LogP contribution in [0, 0.1) is 11.8 Å². The van der Waals surface area contributed by atoms with E-state index < -0.39 is 0 Å². The number of nitrogens with zero attached hydrogens (tertiary/aromatic N) is 1. The summed E-state index contributed by atoms with van der Waals surface area (Å²) in [7, 11) is 0. The van der Waals surface area contributed by atoms with Crippen molar-refractivity contribution in [2.24, 2.45) is 11.8 Å². The van der Waals surface area contributed by atoms with Crippen molar-refractivity contribution >= 4 is 11.8 Å². The van der Waals surface area contributed by atoms with Crippen molar-refractivity contribution in [3.05, 3.63) is 12.2 Å². The molecule has 0 saturated carbocycles. The lowest BCUT2D eigenvalue weighted by Crippen LogP contribution is -2.35. The van der Waals surface area contributed by atoms with Crippen molar-refractivity contribution in [2.75, 3.05) is 32.8 Å². The molecule has 5 heteroatoms. The van der Waals surface area contributed by atoms with E-state index in [1.165, 1.54) is 0 Å². The summed E-state index contributed by atoms with van der Waals surface area (Å²) in [5.41, 5.74) is 0.960. The molecule has 1 aliphatic rings. The monoisotopic (exact) mass is 282 g/mol. The molecule has 1 aliphatic heterocycles. The fourth-order valence-corrected chi connectivity index (χ4v) is 2.20. The number of carbonyl (C=O) groups is 2. The molecule has 1 rings (SSSR count). The Morgan fingerprint density at radius 3 is 2.85 bits per heavy atom. The Bertz CT molecular complexity index is 366. The van der Waals surface area contributed by atoms with Crippen LogP contribution < -0.4 is 5.32 Å². The summed E-state index contributed by atoms with van der Waals surface area (Å²) < 4.78 is 5.31. The number of ether oxygens (including phenoxy) is 1. The SMILES string of the molecule is C=C(C)COCCNC(=O)C1CC(=O)N(CC(C)C)C1. The van der Waals surface area contributed by atoms with Crippen LogP contribution in [0.1, 0.15) is 27.2 Å². The van der Waals surface area contributed by atoms with Crippen LogP contribution in [0.5, 0.6) is 0 Å². The molecule has 0 aliphatic carbocycles. The molecule has 1 fully saturated rings. The van der Waals surface area contributed by atoms with Gasteiger partial charge in [0.25, 0.3) is 0 Å². The zero-order valence-electron chi connectivity index (χ0n) is 12.8. The molecule has 20 heavy (non-hydrogen) atoms. The van der Waals surface area contributed by atoms with E-state index in [1.54, 1.807) is 4.90 Å². The minimum Gasteiger partial charge on any atom is -0.375 e. The molecule has 0 bridgehead atoms. The summed E-state index contributed by atoms with van der Waals surface area (Å²) in [6.07, 6.45) is 0.325. The Kier molecular flexibility index (Phi) is 6.71. The van der Waals surface area contributed by atoms with Gasteiger partial charge >= 0.3 is 0 Å². The maximum atomic E-state index is 12.0. The third-order valence-electron chi connectivity index (χ3n) is 3.06. The Morgan fingerprint density at radius 2 is 2.25 bits per heavy atom. The topological polar surface area (TPSA) is 58.6 Å². The number of hydrogen-bond donors (Lipinski definition) is 1. The number of rotatable bonds is 8. The average Bonchev–Trinajstić information content (AvgIpc) is 2.69. The van der Waals surface area contributed by atoms with Gasteiger partial charge in [0.2, 0.25) is 11.8 Å². The van der Waals surface area contributed by atoms with Crippen molar-refractivity contribution < 1.29 is 14.3 Å². The summed E-state index contributed by atoms with van der Waals surface area (Å²) in [5.74, 6) is 0.236. The van der Waals surface area contributed by atoms with Crippen LogP contribution in [-0.4, -0.2) is 49.6 Å². The van der Waals surface area contributed by atoms with Crippen LogP contribution in [-0.2, 0) is 14.3 Å². The molecule has 0 aromatic rings. The highest BCUT2D eigenvalue weighted by Gasteiger charge is 2.34. The normalized spacial score (nSPS) is 18.7. The van der Waals surface area contributed by atoms with Gasteiger partial charge in [0.1, 0.15) is 0 Å². The molecule has 0 spiro atoms. The van der Waals surface area contributed by atoms with E-state index >= 15 is 0 Å². The maximum Gasteiger partial charge on any atom is 0.225 e. The first-order valence-electron chi connectivity index (χ1n) is 7.17. The van der Waals surface area contributed by atoms with Crippen LogP contribution in [0.15, 0.2) is 12.2 Å². The van der Waals surface area contributed by atoms with Crippen molar-refractivity contribution in [3.8, 4) is 0 Å². The first-order valence-corrected chi connectivity index (χ1v) is 7.17. The zero-order valence-corrected chi connectivity index (χ0v) is 12.8. The third kappa shape index (κ3) is 5.74. The molecular weight excluding hydrogens is 256 g/mol. The van der Waals surface area contributed by atoms with E-state index in [-0.39, 0.29) is 17.7 Å². The molecule has 0 radical (unpaired) electrons. The fourth-order valence-electron chi connectivity index (χ4n) is 2.20. The molecule has 2 amide bonds. The zero-order chi connectivity index (χ0) is 15.1. The van der Waals surface area contributed by atoms with Gasteiger partial charge in [-0.15, -0.1) is 0 Å². The summed E-state index contributed by atoms with van der Waals surface area (Å²) >= 11 is 0. The minimum atomic E-state index is -0.220. The second-order valence-electron chi connectivity index (χ2n) is 5.89. The molecule has 0 aromatic heterocycles. The van der Waals surface area contributed by atoms with Gasteiger partial charge in [-0.3, -0.25) is 9.59 Å². The van der Waals surface area contributed by atoms with Crippen molar-refractivity contribution in [1.82, 2.24) is 10.2 Å². The van der Waals surface area contributed by atoms with Crippen LogP contribution in [0.2, 0.25) is 0 Å². The van der Waals surface area contributed by atoms with Gasteiger partial charge in [-0.05, 0) is 12.8 Å². The molecule has 1 heterocycles. The van der Waals surface area contributed by atoms with Crippen LogP contribution in [0.25, 0.3) is 0 Å². The van der Waals surface area contributed by atoms with Gasteiger partial charge in [0.05, 0.1) is 19.1 Å². The lowest BCUT2D eigenvalue weighted by atomic mass is 10.1. The van der Waals surface area contributed by atoms with Crippen LogP contribution >= 0.6 is 0 Å².